The Kier molecular flexibility index (Phi) is 8.63. The minimum atomic E-state index is -2.87. The molecule has 3 rings (SSSR count). The quantitative estimate of drug-likeness (QED) is 0.227. The zero-order valence-corrected chi connectivity index (χ0v) is 20.7. The largest absolute Gasteiger partial charge is 0.497 e. The lowest BCUT2D eigenvalue weighted by molar-refractivity contribution is 0.381. The van der Waals surface area contributed by atoms with Gasteiger partial charge in [-0.15, -0.1) is 0 Å². The molecule has 168 valence electrons. The molecule has 0 aliphatic rings. The summed E-state index contributed by atoms with van der Waals surface area (Å²) in [6.07, 6.45) is 2.77. The van der Waals surface area contributed by atoms with E-state index >= 15 is 0 Å². The molecular formula is C26H31NO3PS+. The summed E-state index contributed by atoms with van der Waals surface area (Å²) in [6, 6.07) is 24.0. The molecule has 1 atom stereocenters. The van der Waals surface area contributed by atoms with Crippen LogP contribution in [0.1, 0.15) is 30.0 Å². The Morgan fingerprint density at radius 2 is 1.25 bits per heavy atom. The lowest BCUT2D eigenvalue weighted by atomic mass is 10.1. The number of aryl methyl sites for hydroxylation is 2. The second-order valence-electron chi connectivity index (χ2n) is 7.56. The third kappa shape index (κ3) is 6.52. The van der Waals surface area contributed by atoms with Gasteiger partial charge in [0.25, 0.3) is 0 Å². The van der Waals surface area contributed by atoms with Crippen LogP contribution in [0.2, 0.25) is 0 Å². The summed E-state index contributed by atoms with van der Waals surface area (Å²) < 4.78 is 20.0. The Balaban J connectivity index is 1.84. The Morgan fingerprint density at radius 1 is 0.781 bits per heavy atom. The molecule has 0 bridgehead atoms. The van der Waals surface area contributed by atoms with Crippen LogP contribution in [0.4, 0.5) is 0 Å². The highest BCUT2D eigenvalue weighted by atomic mass is 32.5. The average molecular weight is 469 g/mol. The standard InChI is InChI=1S/C26H31NO3PS/c1-5-7-22-10-18-26(19-11-22)30-31(32,29-25-16-8-21(6-2)9-17-25)27(3)20-23-12-14-24(28-4)15-13-23/h8-19H,1,5-7,20H2,2-4H3/q+1. The van der Waals surface area contributed by atoms with E-state index < -0.39 is 6.64 Å². The predicted octanol–water partition coefficient (Wildman–Crippen LogP) is 6.84. The minimum Gasteiger partial charge on any atom is -0.497 e. The maximum absolute atomic E-state index is 6.36. The van der Waals surface area contributed by atoms with Crippen molar-refractivity contribution in [3.63, 3.8) is 0 Å². The molecule has 0 saturated heterocycles. The highest BCUT2D eigenvalue weighted by Gasteiger charge is 2.29. The summed E-state index contributed by atoms with van der Waals surface area (Å²) in [6.45, 7) is 3.77. The highest BCUT2D eigenvalue weighted by molar-refractivity contribution is 8.09. The average Bonchev–Trinajstić information content (AvgIpc) is 2.81. The summed E-state index contributed by atoms with van der Waals surface area (Å²) in [4.78, 5) is 0. The second kappa shape index (κ2) is 11.4. The zero-order valence-electron chi connectivity index (χ0n) is 19.0. The Labute approximate surface area is 197 Å². The molecule has 0 heterocycles. The first kappa shape index (κ1) is 24.2. The molecule has 3 aromatic rings. The number of hydrogen-bond acceptors (Lipinski definition) is 4. The Morgan fingerprint density at radius 3 is 1.72 bits per heavy atom. The number of hydrogen-bond donors (Lipinski definition) is 0. The zero-order chi connectivity index (χ0) is 23.0. The molecule has 6 heteroatoms. The number of nitrogens with zero attached hydrogens (tertiary/aromatic N) is 1. The number of benzene rings is 3. The molecule has 0 aromatic heterocycles. The van der Waals surface area contributed by atoms with Gasteiger partial charge in [0, 0.05) is 24.8 Å². The summed E-state index contributed by atoms with van der Waals surface area (Å²) in [5.41, 5.74) is 3.57. The smallest absolute Gasteiger partial charge is 0.368 e. The van der Waals surface area contributed by atoms with Gasteiger partial charge in [0.05, 0.1) is 20.5 Å². The molecule has 0 radical (unpaired) electrons. The molecule has 0 N–H and O–H groups in total. The highest BCUT2D eigenvalue weighted by Crippen LogP contribution is 2.52. The Hall–Kier alpha value is -2.46. The van der Waals surface area contributed by atoms with Gasteiger partial charge in [-0.25, -0.2) is 4.67 Å². The lowest BCUT2D eigenvalue weighted by Crippen LogP contribution is -2.21. The first-order chi connectivity index (χ1) is 15.5. The predicted molar refractivity (Wildman–Crippen MR) is 136 cm³/mol. The van der Waals surface area contributed by atoms with Gasteiger partial charge >= 0.3 is 6.64 Å². The van der Waals surface area contributed by atoms with Crippen LogP contribution >= 0.6 is 6.64 Å². The van der Waals surface area contributed by atoms with Crippen molar-refractivity contribution in [2.45, 2.75) is 32.7 Å². The lowest BCUT2D eigenvalue weighted by Gasteiger charge is -2.31. The molecule has 0 saturated carbocycles. The molecule has 32 heavy (non-hydrogen) atoms. The third-order valence-corrected chi connectivity index (χ3v) is 8.29. The monoisotopic (exact) mass is 468 g/mol. The molecular weight excluding hydrogens is 437 g/mol. The van der Waals surface area contributed by atoms with E-state index in [2.05, 4.69) is 38.1 Å². The Bertz CT molecular complexity index is 1020. The first-order valence-electron chi connectivity index (χ1n) is 10.8. The van der Waals surface area contributed by atoms with E-state index in [9.17, 15) is 0 Å². The van der Waals surface area contributed by atoms with Crippen molar-refractivity contribution >= 4 is 18.4 Å². The normalized spacial score (nSPS) is 12.9. The van der Waals surface area contributed by atoms with Gasteiger partial charge in [-0.3, -0.25) is 0 Å². The van der Waals surface area contributed by atoms with E-state index in [1.54, 1.807) is 7.11 Å². The van der Waals surface area contributed by atoms with E-state index in [0.29, 0.717) is 18.0 Å². The molecule has 3 aromatic carbocycles. The summed E-state index contributed by atoms with van der Waals surface area (Å²) in [5, 5.41) is 0. The van der Waals surface area contributed by atoms with Gasteiger partial charge in [-0.2, -0.15) is 0 Å². The van der Waals surface area contributed by atoms with E-state index in [-0.39, 0.29) is 0 Å². The van der Waals surface area contributed by atoms with Crippen LogP contribution in [-0.2, 0) is 31.2 Å². The maximum Gasteiger partial charge on any atom is 0.368 e. The molecule has 0 spiro atoms. The molecule has 0 aliphatic carbocycles. The minimum absolute atomic E-state index is 0.591. The van der Waals surface area contributed by atoms with E-state index in [1.807, 2.05) is 60.2 Å². The van der Waals surface area contributed by atoms with Crippen molar-refractivity contribution in [1.82, 2.24) is 4.67 Å². The second-order valence-corrected chi connectivity index (χ2v) is 10.9. The van der Waals surface area contributed by atoms with Gasteiger partial charge in [0.1, 0.15) is 17.2 Å². The van der Waals surface area contributed by atoms with Crippen LogP contribution in [-0.4, -0.2) is 18.8 Å². The van der Waals surface area contributed by atoms with Gasteiger partial charge < -0.3 is 13.8 Å². The van der Waals surface area contributed by atoms with Crippen LogP contribution in [0.15, 0.2) is 72.8 Å². The van der Waals surface area contributed by atoms with Crippen LogP contribution < -0.4 is 13.8 Å². The molecule has 4 nitrogen and oxygen atoms in total. The summed E-state index contributed by atoms with van der Waals surface area (Å²) in [5.74, 6) is 2.23. The fraction of sp³-hybridized carbons (Fsp3) is 0.269. The van der Waals surface area contributed by atoms with Crippen molar-refractivity contribution in [2.75, 3.05) is 14.2 Å². The fourth-order valence-corrected chi connectivity index (χ4v) is 5.33. The van der Waals surface area contributed by atoms with Crippen molar-refractivity contribution < 1.29 is 13.8 Å². The molecule has 0 amide bonds. The van der Waals surface area contributed by atoms with E-state index in [1.165, 1.54) is 11.1 Å². The van der Waals surface area contributed by atoms with E-state index in [4.69, 9.17) is 25.6 Å². The topological polar surface area (TPSA) is 30.9 Å². The van der Waals surface area contributed by atoms with E-state index in [0.717, 1.165) is 30.6 Å². The van der Waals surface area contributed by atoms with Gasteiger partial charge in [0.15, 0.2) is 0 Å². The number of ether oxygens (including phenoxy) is 1. The van der Waals surface area contributed by atoms with Crippen LogP contribution in [0.25, 0.3) is 0 Å². The molecule has 0 aliphatic heterocycles. The van der Waals surface area contributed by atoms with Crippen molar-refractivity contribution in [3.05, 3.63) is 96.4 Å². The summed E-state index contributed by atoms with van der Waals surface area (Å²) >= 11 is 6.04. The number of rotatable bonds is 11. The fourth-order valence-electron chi connectivity index (χ4n) is 3.21. The van der Waals surface area contributed by atoms with Crippen LogP contribution in [0.5, 0.6) is 17.2 Å². The van der Waals surface area contributed by atoms with Crippen LogP contribution in [0, 0.1) is 6.92 Å². The maximum atomic E-state index is 6.36. The summed E-state index contributed by atoms with van der Waals surface area (Å²) in [7, 11) is 3.61. The van der Waals surface area contributed by atoms with Gasteiger partial charge in [-0.1, -0.05) is 43.3 Å². The van der Waals surface area contributed by atoms with Crippen molar-refractivity contribution in [1.29, 1.82) is 0 Å². The van der Waals surface area contributed by atoms with Crippen LogP contribution in [0.3, 0.4) is 0 Å². The van der Waals surface area contributed by atoms with Gasteiger partial charge in [-0.05, 0) is 66.6 Å². The molecule has 0 fully saturated rings. The number of methoxy groups -OCH3 is 1. The molecule has 1 unspecified atom stereocenters. The SMILES string of the molecule is [CH2+]CCc1ccc(OP(=S)(Oc2ccc(CC)cc2)N(C)Cc2ccc(OC)cc2)cc1. The van der Waals surface area contributed by atoms with Gasteiger partial charge in [0.2, 0.25) is 0 Å². The third-order valence-electron chi connectivity index (χ3n) is 5.15. The van der Waals surface area contributed by atoms with Crippen molar-refractivity contribution in [3.8, 4) is 17.2 Å². The van der Waals surface area contributed by atoms with Crippen molar-refractivity contribution in [2.24, 2.45) is 0 Å². The first-order valence-corrected chi connectivity index (χ1v) is 13.4.